The average molecular weight is 499 g/mol. The van der Waals surface area contributed by atoms with E-state index in [1.807, 2.05) is 37.3 Å². The zero-order chi connectivity index (χ0) is 21.5. The van der Waals surface area contributed by atoms with Gasteiger partial charge in [0.15, 0.2) is 11.4 Å². The topological polar surface area (TPSA) is 91.8 Å². The molecular weight excluding hydrogens is 484 g/mol. The van der Waals surface area contributed by atoms with Crippen LogP contribution in [0.1, 0.15) is 21.0 Å². The second-order valence-electron chi connectivity index (χ2n) is 6.66. The third-order valence-corrected chi connectivity index (χ3v) is 6.56. The summed E-state index contributed by atoms with van der Waals surface area (Å²) >= 11 is 4.74. The van der Waals surface area contributed by atoms with Gasteiger partial charge in [-0.1, -0.05) is 12.1 Å². The van der Waals surface area contributed by atoms with Gasteiger partial charge in [0.05, 0.1) is 17.0 Å². The van der Waals surface area contributed by atoms with Gasteiger partial charge in [0.1, 0.15) is 34.2 Å². The van der Waals surface area contributed by atoms with E-state index in [4.69, 9.17) is 13.9 Å². The van der Waals surface area contributed by atoms with Gasteiger partial charge in [-0.3, -0.25) is 0 Å². The van der Waals surface area contributed by atoms with E-state index in [9.17, 15) is 4.79 Å². The third-order valence-electron chi connectivity index (χ3n) is 4.73. The summed E-state index contributed by atoms with van der Waals surface area (Å²) in [6.07, 6.45) is 1.57. The zero-order valence-corrected chi connectivity index (χ0v) is 18.9. The van der Waals surface area contributed by atoms with Gasteiger partial charge in [0.25, 0.3) is 0 Å². The van der Waals surface area contributed by atoms with E-state index in [-0.39, 0.29) is 12.6 Å². The number of ether oxygens (including phenoxy) is 2. The Balaban J connectivity index is 1.47. The van der Waals surface area contributed by atoms with Crippen LogP contribution in [-0.2, 0) is 11.3 Å². The molecule has 0 saturated carbocycles. The Morgan fingerprint density at radius 3 is 2.90 bits per heavy atom. The summed E-state index contributed by atoms with van der Waals surface area (Å²) in [5, 5.41) is 5.26. The number of halogens is 1. The van der Waals surface area contributed by atoms with Crippen molar-refractivity contribution < 1.29 is 18.7 Å². The molecule has 0 radical (unpaired) electrons. The Bertz CT molecular complexity index is 1440. The summed E-state index contributed by atoms with van der Waals surface area (Å²) in [6, 6.07) is 11.3. The highest BCUT2D eigenvalue weighted by molar-refractivity contribution is 9.10. The molecule has 0 spiro atoms. The Hall–Kier alpha value is -3.24. The van der Waals surface area contributed by atoms with Crippen molar-refractivity contribution in [1.82, 2.24) is 19.6 Å². The fourth-order valence-electron chi connectivity index (χ4n) is 3.21. The lowest BCUT2D eigenvalue weighted by atomic mass is 10.2. The van der Waals surface area contributed by atoms with Crippen molar-refractivity contribution in [3.63, 3.8) is 0 Å². The number of furan rings is 1. The van der Waals surface area contributed by atoms with E-state index in [0.717, 1.165) is 21.2 Å². The van der Waals surface area contributed by atoms with Crippen LogP contribution in [0.3, 0.4) is 0 Å². The van der Waals surface area contributed by atoms with Crippen molar-refractivity contribution in [1.29, 1.82) is 0 Å². The average Bonchev–Trinajstić information content (AvgIpc) is 3.49. The first-order valence-electron chi connectivity index (χ1n) is 9.24. The van der Waals surface area contributed by atoms with E-state index in [1.165, 1.54) is 18.4 Å². The van der Waals surface area contributed by atoms with Crippen LogP contribution >= 0.6 is 27.3 Å². The number of thiophene rings is 1. The second-order valence-corrected chi connectivity index (χ2v) is 8.51. The van der Waals surface area contributed by atoms with Gasteiger partial charge in [0.2, 0.25) is 5.82 Å². The van der Waals surface area contributed by atoms with Crippen LogP contribution in [0.2, 0.25) is 0 Å². The van der Waals surface area contributed by atoms with Crippen molar-refractivity contribution in [3.8, 4) is 17.3 Å². The van der Waals surface area contributed by atoms with Crippen LogP contribution in [0.25, 0.3) is 27.4 Å². The molecule has 8 nitrogen and oxygen atoms in total. The van der Waals surface area contributed by atoms with E-state index >= 15 is 0 Å². The highest BCUT2D eigenvalue weighted by Gasteiger charge is 2.21. The quantitative estimate of drug-likeness (QED) is 0.313. The molecule has 5 rings (SSSR count). The lowest BCUT2D eigenvalue weighted by Gasteiger charge is -2.05. The van der Waals surface area contributed by atoms with Crippen LogP contribution in [0.4, 0.5) is 0 Å². The van der Waals surface area contributed by atoms with Crippen molar-refractivity contribution >= 4 is 49.1 Å². The molecule has 4 heterocycles. The standard InChI is InChI=1S/C21H15BrN4O4S/c1-11-16-19-24-18(25-26(19)10-23-20(16)31-17(11)21(27)28-2)15-8-7-12(30-15)9-29-14-6-4-3-5-13(14)22/h3-8,10H,9H2,1-2H3. The minimum absolute atomic E-state index is 0.272. The Morgan fingerprint density at radius 1 is 1.26 bits per heavy atom. The molecular formula is C21H15BrN4O4S. The Labute approximate surface area is 188 Å². The molecule has 156 valence electrons. The highest BCUT2D eigenvalue weighted by Crippen LogP contribution is 2.33. The number of esters is 1. The largest absolute Gasteiger partial charge is 0.484 e. The molecule has 0 atom stereocenters. The number of aromatic nitrogens is 4. The summed E-state index contributed by atoms with van der Waals surface area (Å²) in [7, 11) is 1.36. The van der Waals surface area contributed by atoms with Crippen LogP contribution in [0, 0.1) is 6.92 Å². The van der Waals surface area contributed by atoms with Crippen LogP contribution < -0.4 is 4.74 Å². The predicted octanol–water partition coefficient (Wildman–Crippen LogP) is 5.04. The number of aryl methyl sites for hydroxylation is 1. The minimum Gasteiger partial charge on any atom is -0.484 e. The maximum atomic E-state index is 12.0. The number of carbonyl (C=O) groups excluding carboxylic acids is 1. The van der Waals surface area contributed by atoms with Crippen molar-refractivity contribution in [3.05, 3.63) is 63.4 Å². The van der Waals surface area contributed by atoms with Gasteiger partial charge in [-0.25, -0.2) is 19.3 Å². The fraction of sp³-hybridized carbons (Fsp3) is 0.143. The molecule has 0 aliphatic heterocycles. The monoisotopic (exact) mass is 498 g/mol. The van der Waals surface area contributed by atoms with E-state index in [0.29, 0.717) is 32.7 Å². The number of hydrogen-bond acceptors (Lipinski definition) is 8. The summed E-state index contributed by atoms with van der Waals surface area (Å²) in [4.78, 5) is 22.3. The van der Waals surface area contributed by atoms with Gasteiger partial charge < -0.3 is 13.9 Å². The number of benzene rings is 1. The van der Waals surface area contributed by atoms with Crippen LogP contribution in [-0.4, -0.2) is 32.7 Å². The maximum Gasteiger partial charge on any atom is 0.348 e. The summed E-state index contributed by atoms with van der Waals surface area (Å²) < 4.78 is 19.0. The lowest BCUT2D eigenvalue weighted by Crippen LogP contribution is -1.99. The SMILES string of the molecule is COC(=O)c1sc2ncn3nc(-c4ccc(COc5ccccc5Br)o4)nc3c2c1C. The van der Waals surface area contributed by atoms with E-state index in [2.05, 4.69) is 31.0 Å². The smallest absolute Gasteiger partial charge is 0.348 e. The number of fused-ring (bicyclic) bond motifs is 3. The number of para-hydroxylation sites is 1. The second kappa shape index (κ2) is 7.78. The molecule has 0 amide bonds. The first-order valence-corrected chi connectivity index (χ1v) is 10.9. The molecule has 0 aliphatic rings. The highest BCUT2D eigenvalue weighted by atomic mass is 79.9. The summed E-state index contributed by atoms with van der Waals surface area (Å²) in [5.74, 6) is 1.93. The van der Waals surface area contributed by atoms with Crippen LogP contribution in [0.15, 0.2) is 51.6 Å². The molecule has 0 unspecified atom stereocenters. The number of methoxy groups -OCH3 is 1. The summed E-state index contributed by atoms with van der Waals surface area (Å²) in [5.41, 5.74) is 1.37. The van der Waals surface area contributed by atoms with Crippen LogP contribution in [0.5, 0.6) is 5.75 Å². The van der Waals surface area contributed by atoms with Gasteiger partial charge >= 0.3 is 5.97 Å². The van der Waals surface area contributed by atoms with E-state index < -0.39 is 0 Å². The normalized spacial score (nSPS) is 11.3. The molecule has 0 N–H and O–H groups in total. The third kappa shape index (κ3) is 3.47. The predicted molar refractivity (Wildman–Crippen MR) is 118 cm³/mol. The minimum atomic E-state index is -0.390. The van der Waals surface area contributed by atoms with Gasteiger partial charge in [0, 0.05) is 0 Å². The molecule has 31 heavy (non-hydrogen) atoms. The van der Waals surface area contributed by atoms with Gasteiger partial charge in [-0.15, -0.1) is 16.4 Å². The first kappa shape index (κ1) is 19.7. The van der Waals surface area contributed by atoms with E-state index in [1.54, 1.807) is 16.9 Å². The van der Waals surface area contributed by atoms with Crippen molar-refractivity contribution in [2.75, 3.05) is 7.11 Å². The van der Waals surface area contributed by atoms with Crippen molar-refractivity contribution in [2.24, 2.45) is 0 Å². The number of hydrogen-bond donors (Lipinski definition) is 0. The lowest BCUT2D eigenvalue weighted by molar-refractivity contribution is 0.0605. The molecule has 5 aromatic rings. The zero-order valence-electron chi connectivity index (χ0n) is 16.5. The first-order chi connectivity index (χ1) is 15.0. The Morgan fingerprint density at radius 2 is 2.10 bits per heavy atom. The molecule has 0 bridgehead atoms. The number of rotatable bonds is 5. The molecule has 0 saturated heterocycles. The Kier molecular flexibility index (Phi) is 4.95. The maximum absolute atomic E-state index is 12.0. The van der Waals surface area contributed by atoms with Gasteiger partial charge in [-0.2, -0.15) is 0 Å². The number of nitrogens with zero attached hydrogens (tertiary/aromatic N) is 4. The molecule has 0 fully saturated rings. The van der Waals surface area contributed by atoms with Crippen molar-refractivity contribution in [2.45, 2.75) is 13.5 Å². The summed E-state index contributed by atoms with van der Waals surface area (Å²) in [6.45, 7) is 2.12. The number of carbonyl (C=O) groups is 1. The molecule has 10 heteroatoms. The fourth-order valence-corrected chi connectivity index (χ4v) is 4.67. The molecule has 1 aromatic carbocycles. The molecule has 0 aliphatic carbocycles. The van der Waals surface area contributed by atoms with Gasteiger partial charge in [-0.05, 0) is 52.7 Å². The molecule has 4 aromatic heterocycles.